The number of hydrogen-bond acceptors (Lipinski definition) is 3. The van der Waals surface area contributed by atoms with E-state index in [-0.39, 0.29) is 5.75 Å². The number of aryl methyl sites for hydroxylation is 2. The lowest BCUT2D eigenvalue weighted by Gasteiger charge is -1.94. The maximum absolute atomic E-state index is 10.5. The summed E-state index contributed by atoms with van der Waals surface area (Å²) in [5.41, 5.74) is 0.802. The molecule has 0 aromatic carbocycles. The van der Waals surface area contributed by atoms with E-state index in [9.17, 15) is 8.42 Å². The van der Waals surface area contributed by atoms with Gasteiger partial charge in [0.2, 0.25) is 0 Å². The molecule has 1 aromatic rings. The summed E-state index contributed by atoms with van der Waals surface area (Å²) in [5.74, 6) is 0.518. The smallest absolute Gasteiger partial charge is 0.264 e. The molecule has 1 rings (SSSR count). The van der Waals surface area contributed by atoms with Crippen molar-refractivity contribution in [2.75, 3.05) is 5.75 Å². The van der Waals surface area contributed by atoms with Crippen LogP contribution in [0.4, 0.5) is 0 Å². The summed E-state index contributed by atoms with van der Waals surface area (Å²) in [5, 5.41) is 0. The molecule has 0 aliphatic carbocycles. The van der Waals surface area contributed by atoms with E-state index in [1.54, 1.807) is 6.08 Å². The Labute approximate surface area is 89.2 Å². The third-order valence-corrected chi connectivity index (χ3v) is 2.78. The first-order valence-electron chi connectivity index (χ1n) is 4.52. The van der Waals surface area contributed by atoms with Crippen molar-refractivity contribution in [3.63, 3.8) is 0 Å². The lowest BCUT2D eigenvalue weighted by atomic mass is 10.3. The monoisotopic (exact) mass is 230 g/mol. The molecule has 0 atom stereocenters. The fourth-order valence-corrected chi connectivity index (χ4v) is 1.80. The van der Waals surface area contributed by atoms with Gasteiger partial charge in [0, 0.05) is 13.2 Å². The third-order valence-electron chi connectivity index (χ3n) is 1.98. The molecule has 5 nitrogen and oxygen atoms in total. The Hall–Kier alpha value is -1.14. The predicted octanol–water partition coefficient (Wildman–Crippen LogP) is 0.884. The molecule has 6 heteroatoms. The standard InChI is InChI=1S/C9H14N2O3S/c1-3-9-10-8(7-11(9)2)5-4-6-15(12,13)14/h3,7H,1,4-6H2,2H3,(H,12,13,14). The van der Waals surface area contributed by atoms with Crippen LogP contribution in [0, 0.1) is 0 Å². The minimum atomic E-state index is -3.86. The van der Waals surface area contributed by atoms with E-state index in [1.165, 1.54) is 0 Å². The molecule has 0 saturated carbocycles. The first-order valence-corrected chi connectivity index (χ1v) is 6.13. The van der Waals surface area contributed by atoms with Gasteiger partial charge in [0.25, 0.3) is 10.1 Å². The lowest BCUT2D eigenvalue weighted by molar-refractivity contribution is 0.481. The maximum Gasteiger partial charge on any atom is 0.264 e. The molecule has 1 heterocycles. The molecule has 0 spiro atoms. The summed E-state index contributed by atoms with van der Waals surface area (Å²) in [6.45, 7) is 3.61. The highest BCUT2D eigenvalue weighted by Crippen LogP contribution is 2.05. The van der Waals surface area contributed by atoms with Gasteiger partial charge in [-0.25, -0.2) is 4.98 Å². The van der Waals surface area contributed by atoms with Gasteiger partial charge in [-0.05, 0) is 18.9 Å². The Balaban J connectivity index is 2.55. The van der Waals surface area contributed by atoms with Crippen LogP contribution in [-0.4, -0.2) is 28.3 Å². The minimum absolute atomic E-state index is 0.229. The lowest BCUT2D eigenvalue weighted by Crippen LogP contribution is -2.04. The molecule has 0 aliphatic rings. The average Bonchev–Trinajstić information content (AvgIpc) is 2.44. The quantitative estimate of drug-likeness (QED) is 0.762. The molecule has 0 aliphatic heterocycles. The number of hydrogen-bond donors (Lipinski definition) is 1. The Morgan fingerprint density at radius 2 is 2.33 bits per heavy atom. The van der Waals surface area contributed by atoms with Crippen LogP contribution in [0.3, 0.4) is 0 Å². The number of aromatic nitrogens is 2. The van der Waals surface area contributed by atoms with Crippen molar-refractivity contribution >= 4 is 16.2 Å². The zero-order valence-corrected chi connectivity index (χ0v) is 9.37. The van der Waals surface area contributed by atoms with Gasteiger partial charge >= 0.3 is 0 Å². The summed E-state index contributed by atoms with van der Waals surface area (Å²) in [6.07, 6.45) is 4.35. The topological polar surface area (TPSA) is 72.2 Å². The van der Waals surface area contributed by atoms with Gasteiger partial charge in [-0.3, -0.25) is 4.55 Å². The van der Waals surface area contributed by atoms with E-state index in [0.717, 1.165) is 11.5 Å². The SMILES string of the molecule is C=Cc1nc(CCCS(=O)(=O)O)cn1C. The summed E-state index contributed by atoms with van der Waals surface area (Å²) >= 11 is 0. The normalized spacial score (nSPS) is 11.6. The van der Waals surface area contributed by atoms with E-state index in [1.807, 2.05) is 17.8 Å². The van der Waals surface area contributed by atoms with Crippen molar-refractivity contribution in [3.05, 3.63) is 24.3 Å². The van der Waals surface area contributed by atoms with Gasteiger partial charge in [-0.2, -0.15) is 8.42 Å². The highest BCUT2D eigenvalue weighted by Gasteiger charge is 2.06. The Bertz CT molecular complexity index is 448. The molecule has 1 N–H and O–H groups in total. The summed E-state index contributed by atoms with van der Waals surface area (Å²) in [7, 11) is -2.01. The van der Waals surface area contributed by atoms with Crippen molar-refractivity contribution in [2.24, 2.45) is 7.05 Å². The zero-order chi connectivity index (χ0) is 11.5. The van der Waals surface area contributed by atoms with Crippen LogP contribution in [0.2, 0.25) is 0 Å². The van der Waals surface area contributed by atoms with E-state index in [2.05, 4.69) is 11.6 Å². The van der Waals surface area contributed by atoms with Crippen molar-refractivity contribution < 1.29 is 13.0 Å². The fraction of sp³-hybridized carbons (Fsp3) is 0.444. The Morgan fingerprint density at radius 3 is 2.80 bits per heavy atom. The van der Waals surface area contributed by atoms with Crippen molar-refractivity contribution in [3.8, 4) is 0 Å². The molecule has 0 fully saturated rings. The first kappa shape index (κ1) is 11.9. The summed E-state index contributed by atoms with van der Waals surface area (Å²) in [4.78, 5) is 4.22. The largest absolute Gasteiger partial charge is 0.334 e. The fourth-order valence-electron chi connectivity index (χ4n) is 1.29. The Morgan fingerprint density at radius 1 is 1.67 bits per heavy atom. The van der Waals surface area contributed by atoms with Gasteiger partial charge < -0.3 is 4.57 Å². The molecular formula is C9H14N2O3S. The summed E-state index contributed by atoms with van der Waals surface area (Å²) < 4.78 is 31.3. The van der Waals surface area contributed by atoms with Gasteiger partial charge in [0.15, 0.2) is 0 Å². The summed E-state index contributed by atoms with van der Waals surface area (Å²) in [6, 6.07) is 0. The molecular weight excluding hydrogens is 216 g/mol. The molecule has 0 saturated heterocycles. The first-order chi connectivity index (χ1) is 6.92. The Kier molecular flexibility index (Phi) is 3.65. The molecule has 0 radical (unpaired) electrons. The predicted molar refractivity (Wildman–Crippen MR) is 58.0 cm³/mol. The van der Waals surface area contributed by atoms with Crippen LogP contribution in [0.15, 0.2) is 12.8 Å². The molecule has 15 heavy (non-hydrogen) atoms. The van der Waals surface area contributed by atoms with E-state index < -0.39 is 10.1 Å². The van der Waals surface area contributed by atoms with Gasteiger partial charge in [0.05, 0.1) is 11.4 Å². The van der Waals surface area contributed by atoms with E-state index >= 15 is 0 Å². The molecule has 0 bridgehead atoms. The molecule has 1 aromatic heterocycles. The molecule has 84 valence electrons. The van der Waals surface area contributed by atoms with Crippen LogP contribution in [0.5, 0.6) is 0 Å². The maximum atomic E-state index is 10.5. The van der Waals surface area contributed by atoms with Crippen molar-refractivity contribution in [1.82, 2.24) is 9.55 Å². The number of nitrogens with zero attached hydrogens (tertiary/aromatic N) is 2. The number of imidazole rings is 1. The second-order valence-corrected chi connectivity index (χ2v) is 4.87. The van der Waals surface area contributed by atoms with Gasteiger partial charge in [-0.15, -0.1) is 0 Å². The van der Waals surface area contributed by atoms with Crippen molar-refractivity contribution in [2.45, 2.75) is 12.8 Å². The van der Waals surface area contributed by atoms with Crippen LogP contribution < -0.4 is 0 Å². The van der Waals surface area contributed by atoms with Crippen LogP contribution in [0.1, 0.15) is 17.9 Å². The van der Waals surface area contributed by atoms with Gasteiger partial charge in [0.1, 0.15) is 5.82 Å². The number of rotatable bonds is 5. The van der Waals surface area contributed by atoms with E-state index in [4.69, 9.17) is 4.55 Å². The van der Waals surface area contributed by atoms with Crippen molar-refractivity contribution in [1.29, 1.82) is 0 Å². The molecule has 0 amide bonds. The third kappa shape index (κ3) is 3.85. The molecule has 0 unspecified atom stereocenters. The van der Waals surface area contributed by atoms with E-state index in [0.29, 0.717) is 12.8 Å². The second-order valence-electron chi connectivity index (χ2n) is 3.30. The van der Waals surface area contributed by atoms with Crippen LogP contribution >= 0.6 is 0 Å². The average molecular weight is 230 g/mol. The highest BCUT2D eigenvalue weighted by molar-refractivity contribution is 7.85. The minimum Gasteiger partial charge on any atom is -0.334 e. The second kappa shape index (κ2) is 4.59. The van der Waals surface area contributed by atoms with Crippen LogP contribution in [-0.2, 0) is 23.6 Å². The highest BCUT2D eigenvalue weighted by atomic mass is 32.2. The van der Waals surface area contributed by atoms with Gasteiger partial charge in [-0.1, -0.05) is 6.58 Å². The van der Waals surface area contributed by atoms with Crippen LogP contribution in [0.25, 0.3) is 6.08 Å². The zero-order valence-electron chi connectivity index (χ0n) is 8.55.